The first-order valence-corrected chi connectivity index (χ1v) is 8.01. The SMILES string of the molecule is Cc1sc2c(Cl)cc(Cl)cc2c1S(=O)(=O)Cl. The first kappa shape index (κ1) is 12.5. The highest BCUT2D eigenvalue weighted by atomic mass is 35.7. The molecule has 1 heterocycles. The van der Waals surface area contributed by atoms with Crippen molar-refractivity contribution < 1.29 is 8.42 Å². The first-order valence-electron chi connectivity index (χ1n) is 4.13. The van der Waals surface area contributed by atoms with E-state index in [9.17, 15) is 8.42 Å². The molecule has 0 bridgehead atoms. The van der Waals surface area contributed by atoms with Gasteiger partial charge in [-0.05, 0) is 19.1 Å². The third kappa shape index (κ3) is 2.05. The summed E-state index contributed by atoms with van der Waals surface area (Å²) in [4.78, 5) is 0.702. The molecule has 2 rings (SSSR count). The summed E-state index contributed by atoms with van der Waals surface area (Å²) in [6.45, 7) is 1.68. The normalized spacial score (nSPS) is 12.2. The summed E-state index contributed by atoms with van der Waals surface area (Å²) in [5.41, 5.74) is 0. The van der Waals surface area contributed by atoms with E-state index in [4.69, 9.17) is 33.9 Å². The quantitative estimate of drug-likeness (QED) is 0.729. The van der Waals surface area contributed by atoms with Crippen LogP contribution in [0, 0.1) is 6.92 Å². The number of hydrogen-bond acceptors (Lipinski definition) is 3. The second-order valence-electron chi connectivity index (χ2n) is 3.19. The highest BCUT2D eigenvalue weighted by Gasteiger charge is 2.21. The van der Waals surface area contributed by atoms with Crippen LogP contribution in [0.3, 0.4) is 0 Å². The minimum atomic E-state index is -3.78. The average Bonchev–Trinajstić information content (AvgIpc) is 2.40. The van der Waals surface area contributed by atoms with Gasteiger partial charge in [-0.1, -0.05) is 23.2 Å². The number of fused-ring (bicyclic) bond motifs is 1. The molecule has 0 fully saturated rings. The fourth-order valence-electron chi connectivity index (χ4n) is 1.52. The summed E-state index contributed by atoms with van der Waals surface area (Å²) in [6.07, 6.45) is 0. The van der Waals surface area contributed by atoms with Gasteiger partial charge in [-0.2, -0.15) is 0 Å². The molecule has 1 aromatic carbocycles. The zero-order valence-electron chi connectivity index (χ0n) is 7.92. The number of benzene rings is 1. The second-order valence-corrected chi connectivity index (χ2v) is 7.76. The fraction of sp³-hybridized carbons (Fsp3) is 0.111. The predicted octanol–water partition coefficient (Wildman–Crippen LogP) is 4.44. The van der Waals surface area contributed by atoms with Crippen LogP contribution in [0.5, 0.6) is 0 Å². The molecule has 0 unspecified atom stereocenters. The summed E-state index contributed by atoms with van der Waals surface area (Å²) >= 11 is 13.1. The Kier molecular flexibility index (Phi) is 3.14. The van der Waals surface area contributed by atoms with Gasteiger partial charge in [0.15, 0.2) is 0 Å². The standard InChI is InChI=1S/C9H5Cl3O2S2/c1-4-9(16(12,13)14)6-2-5(10)3-7(11)8(6)15-4/h2-3H,1H3. The van der Waals surface area contributed by atoms with E-state index in [2.05, 4.69) is 0 Å². The topological polar surface area (TPSA) is 34.1 Å². The zero-order chi connectivity index (χ0) is 12.1. The molecule has 0 saturated carbocycles. The average molecular weight is 316 g/mol. The second kappa shape index (κ2) is 4.03. The van der Waals surface area contributed by atoms with Crippen LogP contribution < -0.4 is 0 Å². The molecule has 0 N–H and O–H groups in total. The van der Waals surface area contributed by atoms with E-state index < -0.39 is 9.05 Å². The lowest BCUT2D eigenvalue weighted by Crippen LogP contribution is -1.90. The van der Waals surface area contributed by atoms with Crippen LogP contribution in [-0.2, 0) is 9.05 Å². The van der Waals surface area contributed by atoms with Gasteiger partial charge in [0.05, 0.1) is 9.72 Å². The van der Waals surface area contributed by atoms with Gasteiger partial charge in [0, 0.05) is 26.0 Å². The molecule has 7 heteroatoms. The van der Waals surface area contributed by atoms with Crippen LogP contribution in [0.1, 0.15) is 4.88 Å². The van der Waals surface area contributed by atoms with E-state index in [1.807, 2.05) is 0 Å². The van der Waals surface area contributed by atoms with E-state index >= 15 is 0 Å². The van der Waals surface area contributed by atoms with Crippen molar-refractivity contribution in [1.82, 2.24) is 0 Å². The van der Waals surface area contributed by atoms with Crippen molar-refractivity contribution in [2.24, 2.45) is 0 Å². The van der Waals surface area contributed by atoms with E-state index in [0.29, 0.717) is 25.0 Å². The molecule has 0 radical (unpaired) electrons. The van der Waals surface area contributed by atoms with Crippen molar-refractivity contribution in [2.75, 3.05) is 0 Å². The maximum absolute atomic E-state index is 11.4. The first-order chi connectivity index (χ1) is 7.30. The number of rotatable bonds is 1. The molecule has 0 atom stereocenters. The van der Waals surface area contributed by atoms with Crippen molar-refractivity contribution >= 4 is 64.4 Å². The van der Waals surface area contributed by atoms with Crippen molar-refractivity contribution in [3.63, 3.8) is 0 Å². The molecular weight excluding hydrogens is 311 g/mol. The number of aryl methyl sites for hydroxylation is 1. The molecule has 0 aliphatic heterocycles. The molecule has 0 spiro atoms. The number of thiophene rings is 1. The van der Waals surface area contributed by atoms with E-state index in [1.54, 1.807) is 19.1 Å². The van der Waals surface area contributed by atoms with Gasteiger partial charge in [-0.3, -0.25) is 0 Å². The molecule has 0 amide bonds. The Morgan fingerprint density at radius 3 is 2.44 bits per heavy atom. The molecule has 1 aromatic heterocycles. The summed E-state index contributed by atoms with van der Waals surface area (Å²) in [5.74, 6) is 0. The highest BCUT2D eigenvalue weighted by Crippen LogP contribution is 2.41. The van der Waals surface area contributed by atoms with Crippen LogP contribution in [0.25, 0.3) is 10.1 Å². The van der Waals surface area contributed by atoms with E-state index in [-0.39, 0.29) is 4.90 Å². The molecule has 0 saturated heterocycles. The molecule has 2 nitrogen and oxygen atoms in total. The van der Waals surface area contributed by atoms with E-state index in [0.717, 1.165) is 0 Å². The third-order valence-electron chi connectivity index (χ3n) is 2.07. The molecule has 2 aromatic rings. The fourth-order valence-corrected chi connectivity index (χ4v) is 5.09. The smallest absolute Gasteiger partial charge is 0.207 e. The Morgan fingerprint density at radius 1 is 1.25 bits per heavy atom. The third-order valence-corrected chi connectivity index (χ3v) is 5.46. The van der Waals surface area contributed by atoms with Crippen LogP contribution >= 0.6 is 45.2 Å². The van der Waals surface area contributed by atoms with Gasteiger partial charge < -0.3 is 0 Å². The van der Waals surface area contributed by atoms with E-state index in [1.165, 1.54) is 11.3 Å². The predicted molar refractivity (Wildman–Crippen MR) is 69.6 cm³/mol. The number of hydrogen-bond donors (Lipinski definition) is 0. The Morgan fingerprint density at radius 2 is 1.88 bits per heavy atom. The van der Waals surface area contributed by atoms with Crippen molar-refractivity contribution in [3.05, 3.63) is 27.1 Å². The van der Waals surface area contributed by atoms with Gasteiger partial charge in [-0.15, -0.1) is 11.3 Å². The molecule has 0 aliphatic rings. The Hall–Kier alpha value is -0.000000000000000167. The van der Waals surface area contributed by atoms with Crippen molar-refractivity contribution in [1.29, 1.82) is 0 Å². The maximum Gasteiger partial charge on any atom is 0.263 e. The van der Waals surface area contributed by atoms with Crippen molar-refractivity contribution in [3.8, 4) is 0 Å². The lowest BCUT2D eigenvalue weighted by Gasteiger charge is -1.98. The zero-order valence-corrected chi connectivity index (χ0v) is 11.8. The Bertz CT molecular complexity index is 674. The van der Waals surface area contributed by atoms with Gasteiger partial charge in [-0.25, -0.2) is 8.42 Å². The lowest BCUT2D eigenvalue weighted by molar-refractivity contribution is 0.610. The Labute approximate surface area is 111 Å². The summed E-state index contributed by atoms with van der Waals surface area (Å²) in [7, 11) is 1.60. The van der Waals surface area contributed by atoms with Gasteiger partial charge in [0.25, 0.3) is 9.05 Å². The minimum Gasteiger partial charge on any atom is -0.207 e. The maximum atomic E-state index is 11.4. The largest absolute Gasteiger partial charge is 0.263 e. The summed E-state index contributed by atoms with van der Waals surface area (Å²) in [6, 6.07) is 3.13. The van der Waals surface area contributed by atoms with Crippen LogP contribution in [0.2, 0.25) is 10.0 Å². The molecule has 0 aliphatic carbocycles. The molecule has 16 heavy (non-hydrogen) atoms. The molecule has 86 valence electrons. The Balaban J connectivity index is 3.01. The van der Waals surface area contributed by atoms with Gasteiger partial charge >= 0.3 is 0 Å². The summed E-state index contributed by atoms with van der Waals surface area (Å²) in [5, 5.41) is 1.30. The number of halogens is 3. The highest BCUT2D eigenvalue weighted by molar-refractivity contribution is 8.14. The monoisotopic (exact) mass is 314 g/mol. The lowest BCUT2D eigenvalue weighted by atomic mass is 10.2. The minimum absolute atomic E-state index is 0.0959. The van der Waals surface area contributed by atoms with Gasteiger partial charge in [0.2, 0.25) is 0 Å². The molecular formula is C9H5Cl3O2S2. The van der Waals surface area contributed by atoms with Crippen LogP contribution in [0.15, 0.2) is 17.0 Å². The van der Waals surface area contributed by atoms with Crippen LogP contribution in [0.4, 0.5) is 0 Å². The van der Waals surface area contributed by atoms with Crippen molar-refractivity contribution in [2.45, 2.75) is 11.8 Å². The van der Waals surface area contributed by atoms with Gasteiger partial charge in [0.1, 0.15) is 4.90 Å². The van der Waals surface area contributed by atoms with Crippen LogP contribution in [-0.4, -0.2) is 8.42 Å². The summed E-state index contributed by atoms with van der Waals surface area (Å²) < 4.78 is 23.6.